The molecule has 24 heavy (non-hydrogen) atoms. The summed E-state index contributed by atoms with van der Waals surface area (Å²) in [6.45, 7) is 14.6. The maximum absolute atomic E-state index is 11.6. The van der Waals surface area contributed by atoms with E-state index in [1.807, 2.05) is 41.5 Å². The molecule has 0 unspecified atom stereocenters. The van der Waals surface area contributed by atoms with Crippen molar-refractivity contribution in [2.75, 3.05) is 32.9 Å². The number of carbonyl (C=O) groups excluding carboxylic acids is 2. The number of carbonyl (C=O) groups is 2. The van der Waals surface area contributed by atoms with Crippen molar-refractivity contribution in [1.82, 2.24) is 10.6 Å². The Hall–Kier alpha value is -1.14. The van der Waals surface area contributed by atoms with Crippen molar-refractivity contribution in [2.24, 2.45) is 5.41 Å². The van der Waals surface area contributed by atoms with E-state index in [4.69, 9.17) is 9.47 Å². The molecule has 142 valence electrons. The normalized spacial score (nSPS) is 12.1. The third kappa shape index (κ3) is 17.2. The molecular weight excluding hydrogens is 308 g/mol. The summed E-state index contributed by atoms with van der Waals surface area (Å²) in [6.07, 6.45) is 1.54. The smallest absolute Gasteiger partial charge is 0.220 e. The molecule has 6 heteroatoms. The van der Waals surface area contributed by atoms with Crippen LogP contribution in [0.1, 0.15) is 60.8 Å². The van der Waals surface area contributed by atoms with E-state index >= 15 is 0 Å². The molecule has 0 atom stereocenters. The monoisotopic (exact) mass is 344 g/mol. The molecule has 0 aromatic carbocycles. The summed E-state index contributed by atoms with van der Waals surface area (Å²) >= 11 is 0. The lowest BCUT2D eigenvalue weighted by molar-refractivity contribution is -0.124. The van der Waals surface area contributed by atoms with Gasteiger partial charge in [-0.05, 0) is 32.6 Å². The van der Waals surface area contributed by atoms with Gasteiger partial charge in [0, 0.05) is 25.9 Å². The zero-order valence-electron chi connectivity index (χ0n) is 16.3. The highest BCUT2D eigenvalue weighted by molar-refractivity contribution is 5.77. The van der Waals surface area contributed by atoms with Gasteiger partial charge in [0.1, 0.15) is 0 Å². The molecule has 0 fully saturated rings. The van der Waals surface area contributed by atoms with E-state index in [1.165, 1.54) is 0 Å². The number of ether oxygens (including phenoxy) is 2. The van der Waals surface area contributed by atoms with Gasteiger partial charge < -0.3 is 20.1 Å². The van der Waals surface area contributed by atoms with E-state index < -0.39 is 0 Å². The quantitative estimate of drug-likeness (QED) is 0.564. The minimum absolute atomic E-state index is 0.0145. The molecule has 0 aliphatic heterocycles. The second kappa shape index (κ2) is 11.4. The maximum atomic E-state index is 11.6. The first-order valence-electron chi connectivity index (χ1n) is 8.75. The highest BCUT2D eigenvalue weighted by Gasteiger charge is 2.15. The second-order valence-corrected chi connectivity index (χ2v) is 8.11. The molecular formula is C18H36N2O4. The van der Waals surface area contributed by atoms with Crippen molar-refractivity contribution in [1.29, 1.82) is 0 Å². The maximum Gasteiger partial charge on any atom is 0.220 e. The molecule has 2 N–H and O–H groups in total. The summed E-state index contributed by atoms with van der Waals surface area (Å²) in [4.78, 5) is 23.3. The number of hydrogen-bond donors (Lipinski definition) is 2. The lowest BCUT2D eigenvalue weighted by Gasteiger charge is -2.19. The summed E-state index contributed by atoms with van der Waals surface area (Å²) in [7, 11) is 0. The van der Waals surface area contributed by atoms with Crippen molar-refractivity contribution < 1.29 is 19.1 Å². The van der Waals surface area contributed by atoms with Gasteiger partial charge in [-0.25, -0.2) is 0 Å². The van der Waals surface area contributed by atoms with E-state index in [0.717, 1.165) is 0 Å². The lowest BCUT2D eigenvalue weighted by atomic mass is 9.92. The van der Waals surface area contributed by atoms with Crippen molar-refractivity contribution in [3.8, 4) is 0 Å². The summed E-state index contributed by atoms with van der Waals surface area (Å²) in [5.41, 5.74) is -0.167. The standard InChI is InChI=1S/C18H36N2O4/c1-17(2,3)14-16(22)19-9-7-8-15(21)20-10-11-23-12-13-24-18(4,5)6/h7-14H2,1-6H3,(H,19,22)(H,20,21). The van der Waals surface area contributed by atoms with Crippen molar-refractivity contribution in [3.05, 3.63) is 0 Å². The lowest BCUT2D eigenvalue weighted by Crippen LogP contribution is -2.31. The van der Waals surface area contributed by atoms with Gasteiger partial charge in [0.25, 0.3) is 0 Å². The predicted octanol–water partition coefficient (Wildman–Crippen LogP) is 2.27. The van der Waals surface area contributed by atoms with Crippen LogP contribution in [0.15, 0.2) is 0 Å². The summed E-state index contributed by atoms with van der Waals surface area (Å²) < 4.78 is 10.9. The zero-order valence-corrected chi connectivity index (χ0v) is 16.3. The van der Waals surface area contributed by atoms with Crippen LogP contribution < -0.4 is 10.6 Å². The van der Waals surface area contributed by atoms with Crippen LogP contribution in [-0.2, 0) is 19.1 Å². The summed E-state index contributed by atoms with van der Waals surface area (Å²) in [5, 5.41) is 5.64. The molecule has 0 bridgehead atoms. The summed E-state index contributed by atoms with van der Waals surface area (Å²) in [6, 6.07) is 0. The molecule has 0 aliphatic rings. The molecule has 0 radical (unpaired) electrons. The van der Waals surface area contributed by atoms with Crippen molar-refractivity contribution >= 4 is 11.8 Å². The SMILES string of the molecule is CC(C)(C)CC(=O)NCCCC(=O)NCCOCCOC(C)(C)C. The van der Waals surface area contributed by atoms with Gasteiger partial charge in [-0.3, -0.25) is 9.59 Å². The number of nitrogens with one attached hydrogen (secondary N) is 2. The van der Waals surface area contributed by atoms with Gasteiger partial charge in [-0.2, -0.15) is 0 Å². The van der Waals surface area contributed by atoms with Gasteiger partial charge in [0.15, 0.2) is 0 Å². The highest BCUT2D eigenvalue weighted by Crippen LogP contribution is 2.17. The van der Waals surface area contributed by atoms with E-state index in [2.05, 4.69) is 10.6 Å². The highest BCUT2D eigenvalue weighted by atomic mass is 16.5. The molecule has 0 spiro atoms. The molecule has 0 rings (SSSR count). The van der Waals surface area contributed by atoms with Crippen LogP contribution in [0.2, 0.25) is 0 Å². The second-order valence-electron chi connectivity index (χ2n) is 8.11. The minimum Gasteiger partial charge on any atom is -0.377 e. The fraction of sp³-hybridized carbons (Fsp3) is 0.889. The van der Waals surface area contributed by atoms with Crippen LogP contribution in [0.4, 0.5) is 0 Å². The van der Waals surface area contributed by atoms with Gasteiger partial charge in [-0.1, -0.05) is 20.8 Å². The molecule has 0 heterocycles. The van der Waals surface area contributed by atoms with Crippen LogP contribution in [0.3, 0.4) is 0 Å². The zero-order chi connectivity index (χ0) is 18.6. The first-order valence-corrected chi connectivity index (χ1v) is 8.75. The third-order valence-electron chi connectivity index (χ3n) is 2.92. The Bertz CT molecular complexity index is 370. The Labute approximate surface area is 147 Å². The molecule has 0 aliphatic carbocycles. The Morgan fingerprint density at radius 3 is 2.04 bits per heavy atom. The molecule has 0 saturated carbocycles. The van der Waals surface area contributed by atoms with Crippen LogP contribution in [0.25, 0.3) is 0 Å². The van der Waals surface area contributed by atoms with E-state index in [1.54, 1.807) is 0 Å². The largest absolute Gasteiger partial charge is 0.377 e. The molecule has 6 nitrogen and oxygen atoms in total. The topological polar surface area (TPSA) is 76.7 Å². The van der Waals surface area contributed by atoms with Crippen LogP contribution in [0, 0.1) is 5.41 Å². The Balaban J connectivity index is 3.46. The predicted molar refractivity (Wildman–Crippen MR) is 95.8 cm³/mol. The average molecular weight is 344 g/mol. The first-order chi connectivity index (χ1) is 11.0. The summed E-state index contributed by atoms with van der Waals surface area (Å²) in [5.74, 6) is 0.0170. The third-order valence-corrected chi connectivity index (χ3v) is 2.92. The van der Waals surface area contributed by atoms with Crippen molar-refractivity contribution in [3.63, 3.8) is 0 Å². The average Bonchev–Trinajstić information content (AvgIpc) is 2.39. The molecule has 0 aromatic heterocycles. The minimum atomic E-state index is -0.153. The number of amides is 2. The number of rotatable bonds is 11. The van der Waals surface area contributed by atoms with E-state index in [9.17, 15) is 9.59 Å². The molecule has 2 amide bonds. The van der Waals surface area contributed by atoms with Gasteiger partial charge in [0.05, 0.1) is 25.4 Å². The van der Waals surface area contributed by atoms with Crippen LogP contribution in [0.5, 0.6) is 0 Å². The van der Waals surface area contributed by atoms with Crippen molar-refractivity contribution in [2.45, 2.75) is 66.4 Å². The Kier molecular flexibility index (Phi) is 10.9. The Morgan fingerprint density at radius 1 is 0.833 bits per heavy atom. The first kappa shape index (κ1) is 22.9. The van der Waals surface area contributed by atoms with E-state index in [-0.39, 0.29) is 22.8 Å². The van der Waals surface area contributed by atoms with E-state index in [0.29, 0.717) is 52.2 Å². The van der Waals surface area contributed by atoms with Gasteiger partial charge >= 0.3 is 0 Å². The van der Waals surface area contributed by atoms with Crippen LogP contribution >= 0.6 is 0 Å². The fourth-order valence-corrected chi connectivity index (χ4v) is 1.88. The van der Waals surface area contributed by atoms with Crippen LogP contribution in [-0.4, -0.2) is 50.3 Å². The Morgan fingerprint density at radius 2 is 1.46 bits per heavy atom. The molecule has 0 saturated heterocycles. The van der Waals surface area contributed by atoms with Gasteiger partial charge in [-0.15, -0.1) is 0 Å². The van der Waals surface area contributed by atoms with Gasteiger partial charge in [0.2, 0.25) is 11.8 Å². The fourth-order valence-electron chi connectivity index (χ4n) is 1.88. The molecule has 0 aromatic rings. The number of hydrogen-bond acceptors (Lipinski definition) is 4.